The van der Waals surface area contributed by atoms with Crippen molar-refractivity contribution >= 4 is 17.9 Å². The van der Waals surface area contributed by atoms with Crippen LogP contribution in [0, 0.1) is 0 Å². The highest BCUT2D eigenvalue weighted by Crippen LogP contribution is 2.15. The number of allylic oxidation sites excluding steroid dienone is 22. The fourth-order valence-corrected chi connectivity index (χ4v) is 9.26. The highest BCUT2D eigenvalue weighted by molar-refractivity contribution is 5.71. The van der Waals surface area contributed by atoms with E-state index in [1.807, 2.05) is 0 Å². The van der Waals surface area contributed by atoms with Gasteiger partial charge in [0.25, 0.3) is 0 Å². The molecular weight excluding hydrogens is 1010 g/mol. The van der Waals surface area contributed by atoms with E-state index < -0.39 is 6.10 Å². The molecule has 1 unspecified atom stereocenters. The smallest absolute Gasteiger partial charge is 0.306 e. The van der Waals surface area contributed by atoms with Crippen LogP contribution in [-0.4, -0.2) is 37.2 Å². The summed E-state index contributed by atoms with van der Waals surface area (Å²) >= 11 is 0. The summed E-state index contributed by atoms with van der Waals surface area (Å²) in [5.41, 5.74) is 0. The molecule has 0 N–H and O–H groups in total. The van der Waals surface area contributed by atoms with Crippen molar-refractivity contribution in [2.24, 2.45) is 0 Å². The SMILES string of the molecule is CC/C=C\C/C=C\C/C=C\C/C=C\C/C=C\C/C=C\C/C=C\CCCC(=O)OC(COC(=O)CCCCCCC/C=C\CCCCCCCCC)COC(=O)CCCCCCCCCCCC/C=C\C/C=C\C/C=C\CCCCCCC. The van der Waals surface area contributed by atoms with Crippen molar-refractivity contribution in [1.82, 2.24) is 0 Å². The molecule has 0 aromatic rings. The van der Waals surface area contributed by atoms with Gasteiger partial charge in [-0.05, 0) is 135 Å². The fraction of sp³-hybridized carbons (Fsp3) is 0.671. The monoisotopic (exact) mass is 1130 g/mol. The molecule has 6 heteroatoms. The van der Waals surface area contributed by atoms with E-state index in [2.05, 4.69) is 154 Å². The van der Waals surface area contributed by atoms with Gasteiger partial charge in [-0.3, -0.25) is 14.4 Å². The van der Waals surface area contributed by atoms with E-state index in [0.717, 1.165) is 116 Å². The van der Waals surface area contributed by atoms with Crippen molar-refractivity contribution in [2.75, 3.05) is 13.2 Å². The molecule has 0 aliphatic heterocycles. The third-order valence-corrected chi connectivity index (χ3v) is 14.4. The van der Waals surface area contributed by atoms with Gasteiger partial charge in [-0.1, -0.05) is 289 Å². The number of hydrogen-bond acceptors (Lipinski definition) is 6. The standard InChI is InChI=1S/C76H126O6/c1-4-7-10-13-16-19-22-25-28-31-33-35-37-38-40-41-43-45-48-51-54-57-60-63-66-69-75(78)81-72-73(71-80-74(77)68-65-62-59-56-53-50-47-30-27-24-21-18-15-12-9-6-3)82-76(79)70-67-64-61-58-55-52-49-46-44-42-39-36-34-32-29-26-23-20-17-14-11-8-5-2/h8,11,17,20,22,25-26,29-31,33-34,36-38,42,44,47,49,52,58,61,73H,4-7,9-10,12-16,18-19,21,23-24,27-28,32,35,39-41,43,45-46,48,50-51,53-57,59-60,62-72H2,1-3H3/b11-8-,20-17-,25-22-,29-26-,33-31-,36-34-,38-37-,44-42-,47-30-,52-49-,61-58-. The summed E-state index contributed by atoms with van der Waals surface area (Å²) in [7, 11) is 0. The lowest BCUT2D eigenvalue weighted by atomic mass is 10.1. The lowest BCUT2D eigenvalue weighted by Gasteiger charge is -2.18. The van der Waals surface area contributed by atoms with E-state index in [0.29, 0.717) is 19.3 Å². The molecule has 0 fully saturated rings. The van der Waals surface area contributed by atoms with Crippen molar-refractivity contribution in [3.63, 3.8) is 0 Å². The maximum absolute atomic E-state index is 12.9. The van der Waals surface area contributed by atoms with Gasteiger partial charge < -0.3 is 14.2 Å². The average molecular weight is 1140 g/mol. The van der Waals surface area contributed by atoms with Gasteiger partial charge in [-0.25, -0.2) is 0 Å². The number of carbonyl (C=O) groups excluding carboxylic acids is 3. The van der Waals surface area contributed by atoms with Crippen LogP contribution in [0.5, 0.6) is 0 Å². The van der Waals surface area contributed by atoms with Crippen LogP contribution in [0.2, 0.25) is 0 Å². The number of rotatable bonds is 61. The average Bonchev–Trinajstić information content (AvgIpc) is 3.47. The van der Waals surface area contributed by atoms with Crippen molar-refractivity contribution in [3.8, 4) is 0 Å². The van der Waals surface area contributed by atoms with Crippen LogP contribution in [-0.2, 0) is 28.6 Å². The predicted molar refractivity (Wildman–Crippen MR) is 357 cm³/mol. The van der Waals surface area contributed by atoms with Gasteiger partial charge >= 0.3 is 17.9 Å². The first-order valence-electron chi connectivity index (χ1n) is 34.2. The van der Waals surface area contributed by atoms with Gasteiger partial charge in [0.15, 0.2) is 6.10 Å². The van der Waals surface area contributed by atoms with Crippen LogP contribution in [0.3, 0.4) is 0 Å². The molecule has 0 aliphatic rings. The number of carbonyl (C=O) groups is 3. The number of ether oxygens (including phenoxy) is 3. The topological polar surface area (TPSA) is 78.9 Å². The fourth-order valence-electron chi connectivity index (χ4n) is 9.26. The quantitative estimate of drug-likeness (QED) is 0.0261. The van der Waals surface area contributed by atoms with E-state index >= 15 is 0 Å². The molecule has 0 aliphatic carbocycles. The molecule has 0 saturated heterocycles. The minimum Gasteiger partial charge on any atom is -0.462 e. The van der Waals surface area contributed by atoms with E-state index in [9.17, 15) is 14.4 Å². The highest BCUT2D eigenvalue weighted by atomic mass is 16.6. The van der Waals surface area contributed by atoms with E-state index in [1.54, 1.807) is 0 Å². The molecule has 0 aromatic carbocycles. The molecule has 0 aromatic heterocycles. The molecule has 0 radical (unpaired) electrons. The first-order chi connectivity index (χ1) is 40.5. The molecular formula is C76H126O6. The molecule has 466 valence electrons. The Bertz CT molecular complexity index is 1730. The van der Waals surface area contributed by atoms with E-state index in [1.165, 1.54) is 148 Å². The molecule has 0 saturated carbocycles. The first-order valence-corrected chi connectivity index (χ1v) is 34.2. The van der Waals surface area contributed by atoms with Gasteiger partial charge in [0.1, 0.15) is 13.2 Å². The van der Waals surface area contributed by atoms with E-state index in [4.69, 9.17) is 14.2 Å². The third-order valence-electron chi connectivity index (χ3n) is 14.4. The van der Waals surface area contributed by atoms with Crippen molar-refractivity contribution in [3.05, 3.63) is 134 Å². The summed E-state index contributed by atoms with van der Waals surface area (Å²) in [5, 5.41) is 0. The lowest BCUT2D eigenvalue weighted by molar-refractivity contribution is -0.167. The maximum atomic E-state index is 12.9. The Labute approximate surface area is 506 Å². The van der Waals surface area contributed by atoms with Gasteiger partial charge in [-0.15, -0.1) is 0 Å². The zero-order valence-electron chi connectivity index (χ0n) is 53.5. The number of esters is 3. The zero-order chi connectivity index (χ0) is 59.2. The molecule has 0 heterocycles. The molecule has 0 amide bonds. The molecule has 0 spiro atoms. The lowest BCUT2D eigenvalue weighted by Crippen LogP contribution is -2.30. The van der Waals surface area contributed by atoms with Gasteiger partial charge in [0, 0.05) is 19.3 Å². The second-order valence-corrected chi connectivity index (χ2v) is 22.3. The van der Waals surface area contributed by atoms with E-state index in [-0.39, 0.29) is 37.5 Å². The summed E-state index contributed by atoms with van der Waals surface area (Å²) in [5.74, 6) is -0.975. The van der Waals surface area contributed by atoms with Crippen molar-refractivity contribution in [2.45, 2.75) is 316 Å². The maximum Gasteiger partial charge on any atom is 0.306 e. The summed E-state index contributed by atoms with van der Waals surface area (Å²) in [6.45, 7) is 6.47. The summed E-state index contributed by atoms with van der Waals surface area (Å²) < 4.78 is 16.9. The molecule has 0 bridgehead atoms. The summed E-state index contributed by atoms with van der Waals surface area (Å²) in [6.07, 6.45) is 97.5. The Hall–Kier alpha value is -4.45. The summed E-state index contributed by atoms with van der Waals surface area (Å²) in [4.78, 5) is 38.4. The van der Waals surface area contributed by atoms with Crippen LogP contribution in [0.1, 0.15) is 310 Å². The largest absolute Gasteiger partial charge is 0.462 e. The second-order valence-electron chi connectivity index (χ2n) is 22.3. The van der Waals surface area contributed by atoms with Crippen LogP contribution in [0.25, 0.3) is 0 Å². The molecule has 82 heavy (non-hydrogen) atoms. The summed E-state index contributed by atoms with van der Waals surface area (Å²) in [6, 6.07) is 0. The van der Waals surface area contributed by atoms with Crippen LogP contribution in [0.15, 0.2) is 134 Å². The van der Waals surface area contributed by atoms with Crippen LogP contribution >= 0.6 is 0 Å². The van der Waals surface area contributed by atoms with Crippen LogP contribution < -0.4 is 0 Å². The van der Waals surface area contributed by atoms with Crippen molar-refractivity contribution < 1.29 is 28.6 Å². The highest BCUT2D eigenvalue weighted by Gasteiger charge is 2.19. The van der Waals surface area contributed by atoms with Gasteiger partial charge in [-0.2, -0.15) is 0 Å². The Morgan fingerprint density at radius 3 is 0.793 bits per heavy atom. The second kappa shape index (κ2) is 69.0. The minimum absolute atomic E-state index is 0.109. The molecule has 0 rings (SSSR count). The zero-order valence-corrected chi connectivity index (χ0v) is 53.5. The first kappa shape index (κ1) is 77.5. The Morgan fingerprint density at radius 2 is 0.488 bits per heavy atom. The Morgan fingerprint density at radius 1 is 0.256 bits per heavy atom. The van der Waals surface area contributed by atoms with Crippen LogP contribution in [0.4, 0.5) is 0 Å². The normalized spacial score (nSPS) is 13.0. The Balaban J connectivity index is 4.48. The van der Waals surface area contributed by atoms with Gasteiger partial charge in [0.2, 0.25) is 0 Å². The van der Waals surface area contributed by atoms with Crippen molar-refractivity contribution in [1.29, 1.82) is 0 Å². The third kappa shape index (κ3) is 66.4. The minimum atomic E-state index is -0.820. The number of unbranched alkanes of at least 4 members (excludes halogenated alkanes) is 28. The predicted octanol–water partition coefficient (Wildman–Crippen LogP) is 23.7. The molecule has 6 nitrogen and oxygen atoms in total. The number of hydrogen-bond donors (Lipinski definition) is 0. The van der Waals surface area contributed by atoms with Gasteiger partial charge in [0.05, 0.1) is 0 Å². The molecule has 1 atom stereocenters. The Kier molecular flexibility index (Phi) is 65.3.